The summed E-state index contributed by atoms with van der Waals surface area (Å²) in [5.41, 5.74) is 1.48. The van der Waals surface area contributed by atoms with Gasteiger partial charge in [-0.1, -0.05) is 30.2 Å². The average Bonchev–Trinajstić information content (AvgIpc) is 2.89. The highest BCUT2D eigenvalue weighted by atomic mass is 35.5. The summed E-state index contributed by atoms with van der Waals surface area (Å²) in [6.45, 7) is 3.65. The minimum atomic E-state index is -4.41. The summed E-state index contributed by atoms with van der Waals surface area (Å²) >= 11 is 6.14. The standard InChI is InChI=1S/C28H29ClF3N3O2/c29-21-9-10-24-22(17-21)27(36)26-23(33-11-4-14-34-12-2-1-3-13-34)15-19(16-25(26)35(24)37)18-5-7-20(8-6-18)28(30,31)32/h5-10,17,19,37H,1-4,11-16H2. The lowest BCUT2D eigenvalue weighted by atomic mass is 9.80. The van der Waals surface area contributed by atoms with Gasteiger partial charge in [-0.2, -0.15) is 17.9 Å². The number of aromatic nitrogens is 1. The number of fused-ring (bicyclic) bond motifs is 2. The van der Waals surface area contributed by atoms with Crippen LogP contribution < -0.4 is 5.43 Å². The van der Waals surface area contributed by atoms with E-state index in [4.69, 9.17) is 16.6 Å². The number of likely N-dealkylation sites (tertiary alicyclic amines) is 1. The highest BCUT2D eigenvalue weighted by Gasteiger charge is 2.33. The van der Waals surface area contributed by atoms with Gasteiger partial charge < -0.3 is 10.1 Å². The first-order valence-corrected chi connectivity index (χ1v) is 13.1. The Bertz CT molecular complexity index is 1380. The van der Waals surface area contributed by atoms with Crippen molar-refractivity contribution < 1.29 is 18.4 Å². The zero-order valence-corrected chi connectivity index (χ0v) is 21.2. The molecule has 1 atom stereocenters. The average molecular weight is 532 g/mol. The van der Waals surface area contributed by atoms with Crippen LogP contribution in [0.5, 0.6) is 0 Å². The third kappa shape index (κ3) is 5.41. The molecule has 9 heteroatoms. The minimum Gasteiger partial charge on any atom is -0.428 e. The molecule has 2 aliphatic rings. The summed E-state index contributed by atoms with van der Waals surface area (Å²) in [7, 11) is 0. The Morgan fingerprint density at radius 2 is 1.76 bits per heavy atom. The molecule has 0 spiro atoms. The molecule has 3 aromatic rings. The fraction of sp³-hybridized carbons (Fsp3) is 0.429. The van der Waals surface area contributed by atoms with Crippen molar-refractivity contribution in [2.75, 3.05) is 26.2 Å². The lowest BCUT2D eigenvalue weighted by Gasteiger charge is -2.28. The lowest BCUT2D eigenvalue weighted by Crippen LogP contribution is -2.32. The van der Waals surface area contributed by atoms with E-state index in [0.29, 0.717) is 57.8 Å². The van der Waals surface area contributed by atoms with Gasteiger partial charge in [0.2, 0.25) is 0 Å². The molecule has 37 heavy (non-hydrogen) atoms. The van der Waals surface area contributed by atoms with Gasteiger partial charge in [0.25, 0.3) is 0 Å². The van der Waals surface area contributed by atoms with Gasteiger partial charge in [-0.05, 0) is 93.6 Å². The number of pyridine rings is 1. The van der Waals surface area contributed by atoms with Gasteiger partial charge in [0, 0.05) is 17.3 Å². The summed E-state index contributed by atoms with van der Waals surface area (Å²) in [5.74, 6) is -0.224. The molecule has 1 fully saturated rings. The number of halogens is 4. The molecule has 1 aliphatic heterocycles. The maximum atomic E-state index is 13.6. The van der Waals surface area contributed by atoms with Gasteiger partial charge >= 0.3 is 6.18 Å². The number of piperidine rings is 1. The van der Waals surface area contributed by atoms with E-state index in [2.05, 4.69) is 4.90 Å². The topological polar surface area (TPSA) is 57.8 Å². The van der Waals surface area contributed by atoms with Crippen molar-refractivity contribution in [3.63, 3.8) is 0 Å². The molecule has 0 bridgehead atoms. The number of hydrogen-bond donors (Lipinski definition) is 1. The van der Waals surface area contributed by atoms with Crippen LogP contribution in [0.1, 0.15) is 60.4 Å². The zero-order valence-electron chi connectivity index (χ0n) is 20.4. The third-order valence-corrected chi connectivity index (χ3v) is 7.70. The summed E-state index contributed by atoms with van der Waals surface area (Å²) in [5, 5.41) is 11.8. The van der Waals surface area contributed by atoms with E-state index in [1.54, 1.807) is 18.2 Å². The minimum absolute atomic E-state index is 0.224. The van der Waals surface area contributed by atoms with E-state index in [-0.39, 0.29) is 11.3 Å². The van der Waals surface area contributed by atoms with Crippen molar-refractivity contribution in [1.82, 2.24) is 9.63 Å². The van der Waals surface area contributed by atoms with Gasteiger partial charge in [-0.3, -0.25) is 9.79 Å². The molecule has 1 unspecified atom stereocenters. The summed E-state index contributed by atoms with van der Waals surface area (Å²) in [6, 6.07) is 9.86. The molecular weight excluding hydrogens is 503 g/mol. The first kappa shape index (κ1) is 25.8. The van der Waals surface area contributed by atoms with E-state index in [1.807, 2.05) is 0 Å². The number of alkyl halides is 3. The summed E-state index contributed by atoms with van der Waals surface area (Å²) in [4.78, 5) is 20.8. The van der Waals surface area contributed by atoms with E-state index in [0.717, 1.165) is 42.9 Å². The Balaban J connectivity index is 1.50. The number of hydrogen-bond acceptors (Lipinski definition) is 4. The Morgan fingerprint density at radius 1 is 1.03 bits per heavy atom. The van der Waals surface area contributed by atoms with E-state index in [1.165, 1.54) is 31.4 Å². The van der Waals surface area contributed by atoms with Crippen LogP contribution in [-0.4, -0.2) is 46.7 Å². The molecular formula is C28H29ClF3N3O2. The van der Waals surface area contributed by atoms with Gasteiger partial charge in [0.15, 0.2) is 5.43 Å². The van der Waals surface area contributed by atoms with E-state index < -0.39 is 11.7 Å². The van der Waals surface area contributed by atoms with Crippen LogP contribution in [0.2, 0.25) is 5.02 Å². The summed E-state index contributed by atoms with van der Waals surface area (Å²) < 4.78 is 40.3. The van der Waals surface area contributed by atoms with Crippen molar-refractivity contribution in [3.05, 3.63) is 80.1 Å². The van der Waals surface area contributed by atoms with Crippen LogP contribution >= 0.6 is 11.6 Å². The first-order chi connectivity index (χ1) is 17.7. The molecule has 5 nitrogen and oxygen atoms in total. The molecule has 5 rings (SSSR count). The van der Waals surface area contributed by atoms with Crippen LogP contribution in [0.25, 0.3) is 10.9 Å². The molecule has 1 N–H and O–H groups in total. The highest BCUT2D eigenvalue weighted by Crippen LogP contribution is 2.36. The van der Waals surface area contributed by atoms with Gasteiger partial charge in [0.05, 0.1) is 27.7 Å². The van der Waals surface area contributed by atoms with E-state index >= 15 is 0 Å². The van der Waals surface area contributed by atoms with Gasteiger partial charge in [-0.15, -0.1) is 0 Å². The van der Waals surface area contributed by atoms with Crippen molar-refractivity contribution in [1.29, 1.82) is 0 Å². The SMILES string of the molecule is O=c1c2c(n(O)c3ccc(Cl)cc13)CC(c1ccc(C(F)(F)F)cc1)CC2=NCCCN1CCCCC1. The molecule has 2 heterocycles. The molecule has 1 saturated heterocycles. The third-order valence-electron chi connectivity index (χ3n) is 7.46. The monoisotopic (exact) mass is 531 g/mol. The van der Waals surface area contributed by atoms with Crippen LogP contribution in [0.15, 0.2) is 52.3 Å². The second-order valence-electron chi connectivity index (χ2n) is 9.93. The number of benzene rings is 2. The normalized spacial score (nSPS) is 19.9. The van der Waals surface area contributed by atoms with Crippen LogP contribution in [0.4, 0.5) is 13.2 Å². The molecule has 1 aromatic heterocycles. The number of nitrogens with zero attached hydrogens (tertiary/aromatic N) is 3. The van der Waals surface area contributed by atoms with E-state index in [9.17, 15) is 23.2 Å². The van der Waals surface area contributed by atoms with Gasteiger partial charge in [0.1, 0.15) is 0 Å². The molecule has 0 saturated carbocycles. The van der Waals surface area contributed by atoms with Crippen molar-refractivity contribution in [2.24, 2.45) is 4.99 Å². The van der Waals surface area contributed by atoms with Crippen molar-refractivity contribution in [3.8, 4) is 0 Å². The maximum Gasteiger partial charge on any atom is 0.416 e. The molecule has 0 amide bonds. The fourth-order valence-corrected chi connectivity index (χ4v) is 5.71. The van der Waals surface area contributed by atoms with Crippen LogP contribution in [0, 0.1) is 0 Å². The first-order valence-electron chi connectivity index (χ1n) is 12.7. The molecule has 1 aliphatic carbocycles. The molecule has 2 aromatic carbocycles. The lowest BCUT2D eigenvalue weighted by molar-refractivity contribution is -0.137. The summed E-state index contributed by atoms with van der Waals surface area (Å²) in [6.07, 6.45) is 0.833. The highest BCUT2D eigenvalue weighted by molar-refractivity contribution is 6.31. The van der Waals surface area contributed by atoms with Crippen LogP contribution in [0.3, 0.4) is 0 Å². The Morgan fingerprint density at radius 3 is 2.46 bits per heavy atom. The van der Waals surface area contributed by atoms with Crippen molar-refractivity contribution >= 4 is 28.2 Å². The zero-order chi connectivity index (χ0) is 26.2. The smallest absolute Gasteiger partial charge is 0.416 e. The van der Waals surface area contributed by atoms with Crippen molar-refractivity contribution in [2.45, 2.75) is 50.6 Å². The molecule has 0 radical (unpaired) electrons. The predicted molar refractivity (Wildman–Crippen MR) is 139 cm³/mol. The number of aliphatic imine (C=N–C) groups is 1. The Labute approximate surface area is 218 Å². The quantitative estimate of drug-likeness (QED) is 0.310. The maximum absolute atomic E-state index is 13.6. The van der Waals surface area contributed by atoms with Crippen LogP contribution in [-0.2, 0) is 12.6 Å². The predicted octanol–water partition coefficient (Wildman–Crippen LogP) is 6.31. The second-order valence-corrected chi connectivity index (χ2v) is 10.4. The second kappa shape index (κ2) is 10.5. The van der Waals surface area contributed by atoms with Gasteiger partial charge in [-0.25, -0.2) is 0 Å². The Hall–Kier alpha value is -2.84. The Kier molecular flexibility index (Phi) is 7.32. The fourth-order valence-electron chi connectivity index (χ4n) is 5.53. The molecule has 196 valence electrons. The number of rotatable bonds is 5. The largest absolute Gasteiger partial charge is 0.428 e.